The number of hydrogen-bond donors (Lipinski definition) is 2. The smallest absolute Gasteiger partial charge is 0.255 e. The topological polar surface area (TPSA) is 82.0 Å². The summed E-state index contributed by atoms with van der Waals surface area (Å²) in [6.07, 6.45) is 0. The van der Waals surface area contributed by atoms with Gasteiger partial charge < -0.3 is 10.6 Å². The van der Waals surface area contributed by atoms with Crippen LogP contribution in [-0.4, -0.2) is 11.8 Å². The van der Waals surface area contributed by atoms with E-state index < -0.39 is 23.4 Å². The second-order valence-corrected chi connectivity index (χ2v) is 5.81. The Morgan fingerprint density at radius 2 is 1.36 bits per heavy atom. The Hall–Kier alpha value is -4.05. The molecule has 3 aromatic rings. The second kappa shape index (κ2) is 8.10. The quantitative estimate of drug-likeness (QED) is 0.710. The first-order valence-electron chi connectivity index (χ1n) is 8.14. The molecule has 0 bridgehead atoms. The van der Waals surface area contributed by atoms with Crippen LogP contribution in [0, 0.1) is 23.0 Å². The van der Waals surface area contributed by atoms with Crippen molar-refractivity contribution in [1.82, 2.24) is 0 Å². The number of carbonyl (C=O) groups is 2. The van der Waals surface area contributed by atoms with Crippen molar-refractivity contribution in [1.29, 1.82) is 5.26 Å². The number of hydrogen-bond acceptors (Lipinski definition) is 3. The number of nitriles is 1. The molecule has 0 saturated carbocycles. The van der Waals surface area contributed by atoms with Crippen LogP contribution in [0.5, 0.6) is 0 Å². The maximum absolute atomic E-state index is 13.3. The van der Waals surface area contributed by atoms with Gasteiger partial charge in [-0.15, -0.1) is 0 Å². The summed E-state index contributed by atoms with van der Waals surface area (Å²) in [4.78, 5) is 24.7. The first-order chi connectivity index (χ1) is 13.5. The minimum absolute atomic E-state index is 0.0899. The zero-order chi connectivity index (χ0) is 20.1. The number of rotatable bonds is 4. The van der Waals surface area contributed by atoms with Gasteiger partial charge >= 0.3 is 0 Å². The van der Waals surface area contributed by atoms with Gasteiger partial charge in [-0.2, -0.15) is 5.26 Å². The van der Waals surface area contributed by atoms with E-state index in [1.807, 2.05) is 6.07 Å². The van der Waals surface area contributed by atoms with E-state index in [-0.39, 0.29) is 16.8 Å². The van der Waals surface area contributed by atoms with Crippen LogP contribution in [0.3, 0.4) is 0 Å². The Bertz CT molecular complexity index is 1110. The molecule has 5 nitrogen and oxygen atoms in total. The minimum atomic E-state index is -1.08. The van der Waals surface area contributed by atoms with Crippen LogP contribution in [0.1, 0.15) is 26.3 Å². The third kappa shape index (κ3) is 4.37. The average Bonchev–Trinajstić information content (AvgIpc) is 2.71. The van der Waals surface area contributed by atoms with Crippen LogP contribution in [-0.2, 0) is 0 Å². The predicted octanol–water partition coefficient (Wildman–Crippen LogP) is 4.34. The molecule has 0 fully saturated rings. The van der Waals surface area contributed by atoms with Crippen molar-refractivity contribution in [2.45, 2.75) is 0 Å². The summed E-state index contributed by atoms with van der Waals surface area (Å²) < 4.78 is 26.2. The molecule has 0 aliphatic carbocycles. The van der Waals surface area contributed by atoms with Gasteiger partial charge in [0.2, 0.25) is 0 Å². The fourth-order valence-corrected chi connectivity index (χ4v) is 2.45. The van der Waals surface area contributed by atoms with Crippen molar-refractivity contribution < 1.29 is 18.4 Å². The molecule has 28 heavy (non-hydrogen) atoms. The SMILES string of the molecule is N#Cc1cccc(NC(=O)c2cccc(C(=O)Nc3ccc(F)c(F)c3)c2)c1. The molecule has 0 aliphatic heterocycles. The van der Waals surface area contributed by atoms with Crippen molar-refractivity contribution in [3.8, 4) is 6.07 Å². The van der Waals surface area contributed by atoms with Gasteiger partial charge in [-0.3, -0.25) is 9.59 Å². The van der Waals surface area contributed by atoms with E-state index in [2.05, 4.69) is 10.6 Å². The Kier molecular flexibility index (Phi) is 5.42. The number of carbonyl (C=O) groups excluding carboxylic acids is 2. The summed E-state index contributed by atoms with van der Waals surface area (Å²) in [5.41, 5.74) is 1.33. The molecule has 0 aromatic heterocycles. The van der Waals surface area contributed by atoms with E-state index in [1.54, 1.807) is 18.2 Å². The van der Waals surface area contributed by atoms with Crippen molar-refractivity contribution in [2.75, 3.05) is 10.6 Å². The molecule has 3 rings (SSSR count). The number of nitrogens with zero attached hydrogens (tertiary/aromatic N) is 1. The fraction of sp³-hybridized carbons (Fsp3) is 0. The fourth-order valence-electron chi connectivity index (χ4n) is 2.45. The maximum atomic E-state index is 13.3. The molecule has 2 N–H and O–H groups in total. The third-order valence-corrected chi connectivity index (χ3v) is 3.81. The number of benzene rings is 3. The highest BCUT2D eigenvalue weighted by Crippen LogP contribution is 2.16. The first-order valence-corrected chi connectivity index (χ1v) is 8.14. The number of halogens is 2. The van der Waals surface area contributed by atoms with Crippen LogP contribution in [0.15, 0.2) is 66.7 Å². The monoisotopic (exact) mass is 377 g/mol. The van der Waals surface area contributed by atoms with Gasteiger partial charge in [0.15, 0.2) is 11.6 Å². The zero-order valence-corrected chi connectivity index (χ0v) is 14.4. The first kappa shape index (κ1) is 18.7. The summed E-state index contributed by atoms with van der Waals surface area (Å²) in [7, 11) is 0. The second-order valence-electron chi connectivity index (χ2n) is 5.81. The van der Waals surface area contributed by atoms with Crippen LogP contribution in [0.4, 0.5) is 20.2 Å². The zero-order valence-electron chi connectivity index (χ0n) is 14.4. The number of anilines is 2. The molecule has 0 saturated heterocycles. The molecule has 3 aromatic carbocycles. The van der Waals surface area contributed by atoms with E-state index in [9.17, 15) is 18.4 Å². The normalized spacial score (nSPS) is 10.0. The lowest BCUT2D eigenvalue weighted by atomic mass is 10.1. The van der Waals surface area contributed by atoms with Crippen LogP contribution in [0.25, 0.3) is 0 Å². The van der Waals surface area contributed by atoms with Gasteiger partial charge in [0.1, 0.15) is 0 Å². The van der Waals surface area contributed by atoms with E-state index >= 15 is 0 Å². The van der Waals surface area contributed by atoms with Crippen molar-refractivity contribution in [3.05, 3.63) is 95.1 Å². The van der Waals surface area contributed by atoms with Crippen LogP contribution in [0.2, 0.25) is 0 Å². The molecule has 0 radical (unpaired) electrons. The summed E-state index contributed by atoms with van der Waals surface area (Å²) >= 11 is 0. The Labute approximate surface area is 159 Å². The average molecular weight is 377 g/mol. The predicted molar refractivity (Wildman–Crippen MR) is 99.9 cm³/mol. The van der Waals surface area contributed by atoms with Crippen LogP contribution < -0.4 is 10.6 Å². The standard InChI is InChI=1S/C21H13F2N3O2/c22-18-8-7-17(11-19(18)23)26-21(28)15-5-2-4-14(10-15)20(27)25-16-6-1-3-13(9-16)12-24/h1-11H,(H,25,27)(H,26,28). The van der Waals surface area contributed by atoms with E-state index in [0.717, 1.165) is 12.1 Å². The van der Waals surface area contributed by atoms with Crippen molar-refractivity contribution in [2.24, 2.45) is 0 Å². The van der Waals surface area contributed by atoms with Gasteiger partial charge in [0, 0.05) is 28.6 Å². The van der Waals surface area contributed by atoms with Gasteiger partial charge in [-0.1, -0.05) is 12.1 Å². The Morgan fingerprint density at radius 3 is 1.96 bits per heavy atom. The third-order valence-electron chi connectivity index (χ3n) is 3.81. The molecule has 0 unspecified atom stereocenters. The largest absolute Gasteiger partial charge is 0.322 e. The number of amides is 2. The van der Waals surface area contributed by atoms with Gasteiger partial charge in [0.25, 0.3) is 11.8 Å². The molecule has 0 aliphatic rings. The summed E-state index contributed by atoms with van der Waals surface area (Å²) in [6, 6.07) is 17.3. The molecule has 0 atom stereocenters. The van der Waals surface area contributed by atoms with Gasteiger partial charge in [-0.05, 0) is 48.5 Å². The number of nitrogens with one attached hydrogen (secondary N) is 2. The highest BCUT2D eigenvalue weighted by atomic mass is 19.2. The van der Waals surface area contributed by atoms with E-state index in [1.165, 1.54) is 36.4 Å². The Morgan fingerprint density at radius 1 is 0.750 bits per heavy atom. The molecule has 138 valence electrons. The molecular formula is C21H13F2N3O2. The van der Waals surface area contributed by atoms with E-state index in [4.69, 9.17) is 5.26 Å². The minimum Gasteiger partial charge on any atom is -0.322 e. The molecule has 0 heterocycles. The highest BCUT2D eigenvalue weighted by molar-refractivity contribution is 6.08. The molecular weight excluding hydrogens is 364 g/mol. The maximum Gasteiger partial charge on any atom is 0.255 e. The van der Waals surface area contributed by atoms with Gasteiger partial charge in [0.05, 0.1) is 11.6 Å². The lowest BCUT2D eigenvalue weighted by Crippen LogP contribution is -2.15. The Balaban J connectivity index is 1.75. The van der Waals surface area contributed by atoms with Crippen molar-refractivity contribution in [3.63, 3.8) is 0 Å². The van der Waals surface area contributed by atoms with Gasteiger partial charge in [-0.25, -0.2) is 8.78 Å². The van der Waals surface area contributed by atoms with Crippen molar-refractivity contribution >= 4 is 23.2 Å². The summed E-state index contributed by atoms with van der Waals surface area (Å²) in [5.74, 6) is -3.13. The molecule has 0 spiro atoms. The highest BCUT2D eigenvalue weighted by Gasteiger charge is 2.12. The summed E-state index contributed by atoms with van der Waals surface area (Å²) in [6.45, 7) is 0. The van der Waals surface area contributed by atoms with Crippen LogP contribution >= 0.6 is 0 Å². The molecule has 7 heteroatoms. The lowest BCUT2D eigenvalue weighted by Gasteiger charge is -2.08. The summed E-state index contributed by atoms with van der Waals surface area (Å²) in [5, 5.41) is 14.0. The lowest BCUT2D eigenvalue weighted by molar-refractivity contribution is 0.102. The molecule has 2 amide bonds. The van der Waals surface area contributed by atoms with E-state index in [0.29, 0.717) is 11.3 Å².